The van der Waals surface area contributed by atoms with Crippen molar-refractivity contribution in [2.75, 3.05) is 0 Å². The van der Waals surface area contributed by atoms with Crippen molar-refractivity contribution in [1.82, 2.24) is 9.97 Å². The molecule has 0 fully saturated rings. The van der Waals surface area contributed by atoms with E-state index in [1.807, 2.05) is 6.07 Å². The third-order valence-electron chi connectivity index (χ3n) is 2.79. The van der Waals surface area contributed by atoms with E-state index in [-0.39, 0.29) is 5.78 Å². The third kappa shape index (κ3) is 1.55. The molecule has 16 heavy (non-hydrogen) atoms. The summed E-state index contributed by atoms with van der Waals surface area (Å²) in [5, 5.41) is 0. The lowest BCUT2D eigenvalue weighted by Crippen LogP contribution is -1.99. The van der Waals surface area contributed by atoms with Crippen LogP contribution in [0, 0.1) is 0 Å². The van der Waals surface area contributed by atoms with Crippen LogP contribution in [0.5, 0.6) is 0 Å². The summed E-state index contributed by atoms with van der Waals surface area (Å²) in [7, 11) is 0. The lowest BCUT2D eigenvalue weighted by Gasteiger charge is -1.95. The second-order valence-electron chi connectivity index (χ2n) is 3.87. The number of carbonyl (C=O) groups excluding carboxylic acids is 1. The molecule has 0 radical (unpaired) electrons. The van der Waals surface area contributed by atoms with Gasteiger partial charge in [0.1, 0.15) is 6.33 Å². The minimum absolute atomic E-state index is 0.0417. The van der Waals surface area contributed by atoms with Gasteiger partial charge in [0.15, 0.2) is 0 Å². The number of aromatic nitrogens is 2. The van der Waals surface area contributed by atoms with Gasteiger partial charge in [-0.2, -0.15) is 0 Å². The number of thiophene rings is 1. The van der Waals surface area contributed by atoms with Gasteiger partial charge in [0.25, 0.3) is 0 Å². The number of carbonyl (C=O) groups is 1. The average molecular weight is 230 g/mol. The van der Waals surface area contributed by atoms with E-state index < -0.39 is 0 Å². The number of nitrogens with zero attached hydrogens (tertiary/aromatic N) is 2. The molecule has 0 unspecified atom stereocenters. The Balaban J connectivity index is 1.95. The highest BCUT2D eigenvalue weighted by molar-refractivity contribution is 7.14. The van der Waals surface area contributed by atoms with Gasteiger partial charge >= 0.3 is 0 Å². The highest BCUT2D eigenvalue weighted by atomic mass is 32.1. The predicted octanol–water partition coefficient (Wildman–Crippen LogP) is 2.26. The molecule has 2 heterocycles. The molecule has 1 aliphatic carbocycles. The maximum absolute atomic E-state index is 12.1. The molecule has 3 nitrogen and oxygen atoms in total. The number of aryl methyl sites for hydroxylation is 2. The Hall–Kier alpha value is -1.55. The van der Waals surface area contributed by atoms with E-state index in [2.05, 4.69) is 9.97 Å². The molecule has 0 spiro atoms. The van der Waals surface area contributed by atoms with E-state index in [9.17, 15) is 4.79 Å². The van der Waals surface area contributed by atoms with Crippen LogP contribution in [0.2, 0.25) is 0 Å². The average Bonchev–Trinajstić information content (AvgIpc) is 2.89. The second-order valence-corrected chi connectivity index (χ2v) is 5.01. The Morgan fingerprint density at radius 3 is 2.81 bits per heavy atom. The molecule has 0 amide bonds. The molecule has 4 heteroatoms. The van der Waals surface area contributed by atoms with Gasteiger partial charge in [0, 0.05) is 17.3 Å². The molecule has 0 saturated heterocycles. The zero-order valence-corrected chi connectivity index (χ0v) is 9.46. The van der Waals surface area contributed by atoms with E-state index >= 15 is 0 Å². The van der Waals surface area contributed by atoms with Crippen LogP contribution in [0.15, 0.2) is 24.8 Å². The van der Waals surface area contributed by atoms with E-state index in [0.717, 1.165) is 17.7 Å². The Morgan fingerprint density at radius 2 is 2.06 bits per heavy atom. The zero-order valence-electron chi connectivity index (χ0n) is 8.64. The maximum Gasteiger partial charge on any atom is 0.206 e. The molecule has 0 saturated carbocycles. The summed E-state index contributed by atoms with van der Waals surface area (Å²) in [6.07, 6.45) is 8.04. The molecular weight excluding hydrogens is 220 g/mol. The summed E-state index contributed by atoms with van der Waals surface area (Å²) in [6, 6.07) is 2.03. The molecule has 1 aliphatic rings. The smallest absolute Gasteiger partial charge is 0.206 e. The molecular formula is C12H10N2OS. The van der Waals surface area contributed by atoms with Gasteiger partial charge < -0.3 is 0 Å². The highest BCUT2D eigenvalue weighted by Crippen LogP contribution is 2.31. The molecule has 0 N–H and O–H groups in total. The van der Waals surface area contributed by atoms with Crippen LogP contribution in [-0.4, -0.2) is 15.8 Å². The summed E-state index contributed by atoms with van der Waals surface area (Å²) in [5.74, 6) is 0.0417. The van der Waals surface area contributed by atoms with E-state index in [1.54, 1.807) is 23.7 Å². The van der Waals surface area contributed by atoms with Gasteiger partial charge in [0.2, 0.25) is 5.78 Å². The van der Waals surface area contributed by atoms with Gasteiger partial charge in [-0.25, -0.2) is 9.97 Å². The number of rotatable bonds is 2. The first-order valence-corrected chi connectivity index (χ1v) is 6.07. The molecule has 2 aromatic heterocycles. The molecule has 0 aromatic carbocycles. The Bertz CT molecular complexity index is 512. The molecule has 2 aromatic rings. The van der Waals surface area contributed by atoms with Crippen LogP contribution in [0.25, 0.3) is 0 Å². The van der Waals surface area contributed by atoms with E-state index in [1.165, 1.54) is 23.2 Å². The van der Waals surface area contributed by atoms with Crippen LogP contribution in [0.1, 0.15) is 32.1 Å². The van der Waals surface area contributed by atoms with Crippen molar-refractivity contribution in [2.24, 2.45) is 0 Å². The van der Waals surface area contributed by atoms with Crippen molar-refractivity contribution in [2.45, 2.75) is 19.3 Å². The van der Waals surface area contributed by atoms with Gasteiger partial charge in [-0.15, -0.1) is 11.3 Å². The largest absolute Gasteiger partial charge is 0.288 e. The van der Waals surface area contributed by atoms with Crippen LogP contribution in [0.4, 0.5) is 0 Å². The van der Waals surface area contributed by atoms with Crippen molar-refractivity contribution in [3.05, 3.63) is 45.7 Å². The van der Waals surface area contributed by atoms with Crippen molar-refractivity contribution >= 4 is 17.1 Å². The standard InChI is InChI=1S/C12H10N2OS/c15-12(9-5-13-7-14-6-9)11-4-8-2-1-3-10(8)16-11/h4-7H,1-3H2. The number of ketones is 1. The minimum Gasteiger partial charge on any atom is -0.288 e. The molecule has 0 bridgehead atoms. The quantitative estimate of drug-likeness (QED) is 0.743. The number of hydrogen-bond acceptors (Lipinski definition) is 4. The number of fused-ring (bicyclic) bond motifs is 1. The van der Waals surface area contributed by atoms with E-state index in [0.29, 0.717) is 5.56 Å². The first kappa shape index (κ1) is 9.66. The first-order chi connectivity index (χ1) is 7.84. The lowest BCUT2D eigenvalue weighted by atomic mass is 10.1. The summed E-state index contributed by atoms with van der Waals surface area (Å²) in [6.45, 7) is 0. The zero-order chi connectivity index (χ0) is 11.0. The monoisotopic (exact) mass is 230 g/mol. The predicted molar refractivity (Wildman–Crippen MR) is 61.8 cm³/mol. The SMILES string of the molecule is O=C(c1cncnc1)c1cc2c(s1)CCC2. The fourth-order valence-electron chi connectivity index (χ4n) is 2.00. The minimum atomic E-state index is 0.0417. The topological polar surface area (TPSA) is 42.9 Å². The van der Waals surface area contributed by atoms with Gasteiger partial charge in [-0.05, 0) is 30.9 Å². The molecule has 0 atom stereocenters. The second kappa shape index (κ2) is 3.79. The lowest BCUT2D eigenvalue weighted by molar-refractivity contribution is 0.104. The van der Waals surface area contributed by atoms with Crippen molar-refractivity contribution < 1.29 is 4.79 Å². The summed E-state index contributed by atoms with van der Waals surface area (Å²) >= 11 is 1.62. The Morgan fingerprint density at radius 1 is 1.25 bits per heavy atom. The molecule has 80 valence electrons. The normalized spacial score (nSPS) is 13.8. The summed E-state index contributed by atoms with van der Waals surface area (Å²) < 4.78 is 0. The van der Waals surface area contributed by atoms with Gasteiger partial charge in [0.05, 0.1) is 10.4 Å². The van der Waals surface area contributed by atoms with Gasteiger partial charge in [-0.1, -0.05) is 0 Å². The Labute approximate surface area is 97.2 Å². The van der Waals surface area contributed by atoms with Crippen LogP contribution < -0.4 is 0 Å². The van der Waals surface area contributed by atoms with Gasteiger partial charge in [-0.3, -0.25) is 4.79 Å². The maximum atomic E-state index is 12.1. The van der Waals surface area contributed by atoms with Crippen LogP contribution >= 0.6 is 11.3 Å². The van der Waals surface area contributed by atoms with Crippen molar-refractivity contribution in [1.29, 1.82) is 0 Å². The third-order valence-corrected chi connectivity index (χ3v) is 4.03. The fourth-order valence-corrected chi connectivity index (χ4v) is 3.22. The fraction of sp³-hybridized carbons (Fsp3) is 0.250. The summed E-state index contributed by atoms with van der Waals surface area (Å²) in [5.41, 5.74) is 1.92. The highest BCUT2D eigenvalue weighted by Gasteiger charge is 2.19. The molecule has 0 aliphatic heterocycles. The molecule has 3 rings (SSSR count). The number of hydrogen-bond donors (Lipinski definition) is 0. The van der Waals surface area contributed by atoms with Crippen LogP contribution in [0.3, 0.4) is 0 Å². The van der Waals surface area contributed by atoms with Crippen LogP contribution in [-0.2, 0) is 12.8 Å². The summed E-state index contributed by atoms with van der Waals surface area (Å²) in [4.78, 5) is 22.0. The van der Waals surface area contributed by atoms with Crippen molar-refractivity contribution in [3.8, 4) is 0 Å². The first-order valence-electron chi connectivity index (χ1n) is 5.26. The van der Waals surface area contributed by atoms with Crippen molar-refractivity contribution in [3.63, 3.8) is 0 Å². The van der Waals surface area contributed by atoms with E-state index in [4.69, 9.17) is 0 Å². The Kier molecular flexibility index (Phi) is 2.29.